The van der Waals surface area contributed by atoms with E-state index in [0.717, 1.165) is 5.71 Å². The number of alkyl halides is 1. The van der Waals surface area contributed by atoms with Crippen molar-refractivity contribution in [3.05, 3.63) is 0 Å². The van der Waals surface area contributed by atoms with E-state index in [9.17, 15) is 0 Å². The first kappa shape index (κ1) is 8.65. The minimum absolute atomic E-state index is 0.152. The lowest BCUT2D eigenvalue weighted by Gasteiger charge is -1.95. The Kier molecular flexibility index (Phi) is 4.35. The summed E-state index contributed by atoms with van der Waals surface area (Å²) >= 11 is 9.86. The zero-order valence-electron chi connectivity index (χ0n) is 5.02. The minimum atomic E-state index is 0.152. The van der Waals surface area contributed by atoms with Crippen LogP contribution in [0.3, 0.4) is 0 Å². The van der Waals surface area contributed by atoms with Gasteiger partial charge in [0, 0.05) is 5.71 Å². The van der Waals surface area contributed by atoms with Crippen LogP contribution in [0.5, 0.6) is 0 Å². The summed E-state index contributed by atoms with van der Waals surface area (Å²) in [6.45, 7) is 1.78. The van der Waals surface area contributed by atoms with Gasteiger partial charge in [0.2, 0.25) is 0 Å². The van der Waals surface area contributed by atoms with Crippen molar-refractivity contribution < 1.29 is 0 Å². The zero-order chi connectivity index (χ0) is 7.28. The van der Waals surface area contributed by atoms with Crippen molar-refractivity contribution >= 4 is 34.6 Å². The smallest absolute Gasteiger partial charge is 0.184 e. The van der Waals surface area contributed by atoms with Crippen molar-refractivity contribution in [1.82, 2.24) is 5.43 Å². The van der Waals surface area contributed by atoms with E-state index in [1.165, 1.54) is 0 Å². The van der Waals surface area contributed by atoms with E-state index >= 15 is 0 Å². The van der Waals surface area contributed by atoms with Gasteiger partial charge in [-0.1, -0.05) is 0 Å². The second kappa shape index (κ2) is 4.52. The standard InChI is InChI=1S/C4H8ClN3S/c1-3(2-5)7-8-4(6)9/h2H2,1H3,(H3,6,8,9)/b7-3-. The van der Waals surface area contributed by atoms with Crippen LogP contribution in [0.4, 0.5) is 0 Å². The molecule has 0 aromatic heterocycles. The van der Waals surface area contributed by atoms with E-state index in [1.54, 1.807) is 6.92 Å². The molecule has 0 heterocycles. The van der Waals surface area contributed by atoms with Crippen LogP contribution in [0.2, 0.25) is 0 Å². The van der Waals surface area contributed by atoms with Gasteiger partial charge in [-0.2, -0.15) is 5.10 Å². The molecule has 3 nitrogen and oxygen atoms in total. The third-order valence-corrected chi connectivity index (χ3v) is 1.03. The highest BCUT2D eigenvalue weighted by atomic mass is 35.5. The van der Waals surface area contributed by atoms with Gasteiger partial charge in [-0.05, 0) is 19.1 Å². The second-order valence-electron chi connectivity index (χ2n) is 1.46. The molecule has 3 N–H and O–H groups in total. The third-order valence-electron chi connectivity index (χ3n) is 0.550. The highest BCUT2D eigenvalue weighted by Crippen LogP contribution is 1.78. The van der Waals surface area contributed by atoms with Crippen molar-refractivity contribution in [1.29, 1.82) is 0 Å². The Morgan fingerprint density at radius 2 is 2.44 bits per heavy atom. The maximum atomic E-state index is 5.38. The van der Waals surface area contributed by atoms with Crippen LogP contribution in [0, 0.1) is 0 Å². The van der Waals surface area contributed by atoms with Crippen molar-refractivity contribution in [2.45, 2.75) is 6.92 Å². The molecule has 0 spiro atoms. The van der Waals surface area contributed by atoms with Crippen molar-refractivity contribution in [3.63, 3.8) is 0 Å². The summed E-state index contributed by atoms with van der Waals surface area (Å²) in [5.41, 5.74) is 8.23. The molecule has 0 radical (unpaired) electrons. The molecule has 52 valence electrons. The number of nitrogens with zero attached hydrogens (tertiary/aromatic N) is 1. The number of nitrogens with one attached hydrogen (secondary N) is 1. The maximum absolute atomic E-state index is 5.38. The van der Waals surface area contributed by atoms with Crippen molar-refractivity contribution in [2.75, 3.05) is 5.88 Å². The number of hydrazone groups is 1. The number of halogens is 1. The first-order valence-electron chi connectivity index (χ1n) is 2.31. The fraction of sp³-hybridized carbons (Fsp3) is 0.500. The molecule has 0 atom stereocenters. The lowest BCUT2D eigenvalue weighted by atomic mass is 10.5. The molecule has 0 amide bonds. The average molecular weight is 166 g/mol. The molecule has 5 heteroatoms. The van der Waals surface area contributed by atoms with E-state index < -0.39 is 0 Å². The Morgan fingerprint density at radius 1 is 1.89 bits per heavy atom. The minimum Gasteiger partial charge on any atom is -0.375 e. The maximum Gasteiger partial charge on any atom is 0.184 e. The molecule has 0 saturated heterocycles. The summed E-state index contributed by atoms with van der Waals surface area (Å²) in [6, 6.07) is 0. The zero-order valence-corrected chi connectivity index (χ0v) is 6.59. The van der Waals surface area contributed by atoms with Crippen LogP contribution in [-0.2, 0) is 0 Å². The van der Waals surface area contributed by atoms with Gasteiger partial charge in [-0.25, -0.2) is 0 Å². The molecule has 0 rings (SSSR count). The first-order chi connectivity index (χ1) is 4.16. The van der Waals surface area contributed by atoms with Gasteiger partial charge >= 0.3 is 0 Å². The second-order valence-corrected chi connectivity index (χ2v) is 2.16. The third kappa shape index (κ3) is 5.52. The van der Waals surface area contributed by atoms with E-state index in [-0.39, 0.29) is 5.11 Å². The number of hydrogen-bond acceptors (Lipinski definition) is 2. The quantitative estimate of drug-likeness (QED) is 0.270. The van der Waals surface area contributed by atoms with Gasteiger partial charge in [-0.3, -0.25) is 5.43 Å². The van der Waals surface area contributed by atoms with Gasteiger partial charge in [0.25, 0.3) is 0 Å². The molecule has 0 bridgehead atoms. The molecule has 0 saturated carbocycles. The fourth-order valence-electron chi connectivity index (χ4n) is 0.180. The van der Waals surface area contributed by atoms with Crippen LogP contribution in [0.25, 0.3) is 0 Å². The van der Waals surface area contributed by atoms with Gasteiger partial charge in [0.15, 0.2) is 5.11 Å². The molecule has 0 aliphatic carbocycles. The van der Waals surface area contributed by atoms with Crippen LogP contribution < -0.4 is 11.2 Å². The van der Waals surface area contributed by atoms with Gasteiger partial charge in [0.05, 0.1) is 5.88 Å². The number of rotatable bonds is 2. The lowest BCUT2D eigenvalue weighted by Crippen LogP contribution is -2.25. The van der Waals surface area contributed by atoms with Crippen LogP contribution in [0.15, 0.2) is 5.10 Å². The van der Waals surface area contributed by atoms with Crippen molar-refractivity contribution in [3.8, 4) is 0 Å². The van der Waals surface area contributed by atoms with Gasteiger partial charge in [-0.15, -0.1) is 11.6 Å². The summed E-state index contributed by atoms with van der Waals surface area (Å²) in [4.78, 5) is 0. The first-order valence-corrected chi connectivity index (χ1v) is 3.25. The monoisotopic (exact) mass is 165 g/mol. The number of hydrogen-bond donors (Lipinski definition) is 2. The fourth-order valence-corrected chi connectivity index (χ4v) is 0.286. The Morgan fingerprint density at radius 3 is 2.78 bits per heavy atom. The molecular weight excluding hydrogens is 158 g/mol. The summed E-state index contributed by atoms with van der Waals surface area (Å²) in [7, 11) is 0. The Bertz CT molecular complexity index is 134. The molecule has 0 unspecified atom stereocenters. The Hall–Kier alpha value is -0.350. The molecule has 0 aromatic rings. The van der Waals surface area contributed by atoms with Gasteiger partial charge < -0.3 is 5.73 Å². The van der Waals surface area contributed by atoms with Crippen molar-refractivity contribution in [2.24, 2.45) is 10.8 Å². The highest BCUT2D eigenvalue weighted by Gasteiger charge is 1.85. The summed E-state index contributed by atoms with van der Waals surface area (Å²) in [6.07, 6.45) is 0. The van der Waals surface area contributed by atoms with E-state index in [4.69, 9.17) is 17.3 Å². The summed E-state index contributed by atoms with van der Waals surface area (Å²) in [5.74, 6) is 0.385. The largest absolute Gasteiger partial charge is 0.375 e. The Balaban J connectivity index is 3.56. The number of thiocarbonyl (C=S) groups is 1. The van der Waals surface area contributed by atoms with Gasteiger partial charge in [0.1, 0.15) is 0 Å². The molecule has 0 aliphatic rings. The number of nitrogens with two attached hydrogens (primary N) is 1. The summed E-state index contributed by atoms with van der Waals surface area (Å²) < 4.78 is 0. The molecular formula is C4H8ClN3S. The molecule has 9 heavy (non-hydrogen) atoms. The SMILES string of the molecule is C/C(CCl)=N/NC(N)=S. The predicted octanol–water partition coefficient (Wildman–Crippen LogP) is 0.434. The van der Waals surface area contributed by atoms with E-state index in [2.05, 4.69) is 22.7 Å². The molecule has 0 fully saturated rings. The van der Waals surface area contributed by atoms with E-state index in [1.807, 2.05) is 0 Å². The lowest BCUT2D eigenvalue weighted by molar-refractivity contribution is 1.03. The molecule has 0 aromatic carbocycles. The Labute approximate surface area is 64.3 Å². The summed E-state index contributed by atoms with van der Waals surface area (Å²) in [5, 5.41) is 3.86. The van der Waals surface area contributed by atoms with Crippen LogP contribution >= 0.6 is 23.8 Å². The van der Waals surface area contributed by atoms with Crippen LogP contribution in [-0.4, -0.2) is 16.7 Å². The normalized spacial score (nSPS) is 11.1. The average Bonchev–Trinajstić information content (AvgIpc) is 1.83. The molecule has 0 aliphatic heterocycles. The highest BCUT2D eigenvalue weighted by molar-refractivity contribution is 7.80. The van der Waals surface area contributed by atoms with E-state index in [0.29, 0.717) is 5.88 Å². The van der Waals surface area contributed by atoms with Crippen LogP contribution in [0.1, 0.15) is 6.92 Å². The predicted molar refractivity (Wildman–Crippen MR) is 43.8 cm³/mol. The topological polar surface area (TPSA) is 50.4 Å².